The second kappa shape index (κ2) is 5.80. The van der Waals surface area contributed by atoms with Gasteiger partial charge in [-0.15, -0.1) is 0 Å². The van der Waals surface area contributed by atoms with Crippen LogP contribution in [0.1, 0.15) is 16.7 Å². The number of fused-ring (bicyclic) bond motifs is 1. The standard InChI is InChI=1S/C19H19NO3/c1-11-7-8-15-16(10-17(21)22)19(20-18(15)12(11)2)13-5-4-6-14(9-13)23-3/h4-9,20H,10H2,1-3H3,(H,21,22). The summed E-state index contributed by atoms with van der Waals surface area (Å²) in [7, 11) is 1.62. The molecule has 0 saturated heterocycles. The fourth-order valence-corrected chi connectivity index (χ4v) is 2.92. The Morgan fingerprint density at radius 3 is 2.70 bits per heavy atom. The van der Waals surface area contributed by atoms with E-state index in [2.05, 4.69) is 11.9 Å². The van der Waals surface area contributed by atoms with E-state index >= 15 is 0 Å². The first kappa shape index (κ1) is 15.2. The van der Waals surface area contributed by atoms with Crippen molar-refractivity contribution in [1.29, 1.82) is 0 Å². The predicted octanol–water partition coefficient (Wildman–Crippen LogP) is 4.09. The number of benzene rings is 2. The summed E-state index contributed by atoms with van der Waals surface area (Å²) < 4.78 is 5.28. The number of aryl methyl sites for hydroxylation is 2. The molecule has 0 aliphatic rings. The van der Waals surface area contributed by atoms with Gasteiger partial charge in [-0.3, -0.25) is 4.79 Å². The van der Waals surface area contributed by atoms with Crippen molar-refractivity contribution in [3.63, 3.8) is 0 Å². The molecular weight excluding hydrogens is 290 g/mol. The van der Waals surface area contributed by atoms with Gasteiger partial charge >= 0.3 is 5.97 Å². The molecule has 0 radical (unpaired) electrons. The van der Waals surface area contributed by atoms with E-state index in [0.29, 0.717) is 0 Å². The van der Waals surface area contributed by atoms with Crippen LogP contribution in [0.2, 0.25) is 0 Å². The van der Waals surface area contributed by atoms with Crippen molar-refractivity contribution in [3.8, 4) is 17.0 Å². The third kappa shape index (κ3) is 2.68. The summed E-state index contributed by atoms with van der Waals surface area (Å²) in [5.74, 6) is -0.0939. The Morgan fingerprint density at radius 1 is 1.22 bits per heavy atom. The van der Waals surface area contributed by atoms with Gasteiger partial charge in [0, 0.05) is 16.5 Å². The summed E-state index contributed by atoms with van der Waals surface area (Å²) in [5, 5.41) is 10.3. The van der Waals surface area contributed by atoms with Gasteiger partial charge < -0.3 is 14.8 Å². The van der Waals surface area contributed by atoms with Crippen molar-refractivity contribution in [2.45, 2.75) is 20.3 Å². The largest absolute Gasteiger partial charge is 0.497 e. The Balaban J connectivity index is 2.29. The number of ether oxygens (including phenoxy) is 1. The SMILES string of the molecule is COc1cccc(-c2[nH]c3c(C)c(C)ccc3c2CC(=O)O)c1. The topological polar surface area (TPSA) is 62.3 Å². The first-order valence-corrected chi connectivity index (χ1v) is 7.48. The number of aliphatic carboxylic acids is 1. The molecule has 0 bridgehead atoms. The maximum Gasteiger partial charge on any atom is 0.307 e. The van der Waals surface area contributed by atoms with E-state index < -0.39 is 5.97 Å². The fourth-order valence-electron chi connectivity index (χ4n) is 2.92. The molecule has 23 heavy (non-hydrogen) atoms. The van der Waals surface area contributed by atoms with E-state index in [4.69, 9.17) is 4.74 Å². The second-order valence-corrected chi connectivity index (χ2v) is 5.71. The van der Waals surface area contributed by atoms with Crippen LogP contribution in [0.5, 0.6) is 5.75 Å². The molecular formula is C19H19NO3. The van der Waals surface area contributed by atoms with Crippen LogP contribution < -0.4 is 4.74 Å². The molecule has 0 fully saturated rings. The number of carbonyl (C=O) groups is 1. The van der Waals surface area contributed by atoms with Gasteiger partial charge in [0.25, 0.3) is 0 Å². The lowest BCUT2D eigenvalue weighted by molar-refractivity contribution is -0.136. The molecule has 4 heteroatoms. The number of aromatic amines is 1. The summed E-state index contributed by atoms with van der Waals surface area (Å²) in [5.41, 5.74) is 5.90. The Labute approximate surface area is 134 Å². The van der Waals surface area contributed by atoms with Crippen molar-refractivity contribution in [2.24, 2.45) is 0 Å². The zero-order valence-electron chi connectivity index (χ0n) is 13.4. The molecule has 3 aromatic rings. The van der Waals surface area contributed by atoms with Gasteiger partial charge in [0.05, 0.1) is 19.2 Å². The van der Waals surface area contributed by atoms with Crippen LogP contribution in [0, 0.1) is 13.8 Å². The second-order valence-electron chi connectivity index (χ2n) is 5.71. The van der Waals surface area contributed by atoms with Crippen LogP contribution in [0.25, 0.3) is 22.2 Å². The number of methoxy groups -OCH3 is 1. The van der Waals surface area contributed by atoms with Crippen LogP contribution in [-0.4, -0.2) is 23.2 Å². The van der Waals surface area contributed by atoms with Gasteiger partial charge in [-0.25, -0.2) is 0 Å². The van der Waals surface area contributed by atoms with E-state index in [1.807, 2.05) is 43.3 Å². The van der Waals surface area contributed by atoms with E-state index in [9.17, 15) is 9.90 Å². The van der Waals surface area contributed by atoms with Gasteiger partial charge in [-0.1, -0.05) is 24.3 Å². The van der Waals surface area contributed by atoms with Gasteiger partial charge in [-0.2, -0.15) is 0 Å². The molecule has 0 atom stereocenters. The Kier molecular flexibility index (Phi) is 3.82. The number of carboxylic acid groups (broad SMARTS) is 1. The Hall–Kier alpha value is -2.75. The number of hydrogen-bond acceptors (Lipinski definition) is 2. The number of carboxylic acids is 1. The van der Waals surface area contributed by atoms with E-state index in [-0.39, 0.29) is 6.42 Å². The zero-order chi connectivity index (χ0) is 16.6. The third-order valence-electron chi connectivity index (χ3n) is 4.30. The summed E-state index contributed by atoms with van der Waals surface area (Å²) in [6.45, 7) is 4.10. The summed E-state index contributed by atoms with van der Waals surface area (Å²) in [6.07, 6.45) is -0.0188. The highest BCUT2D eigenvalue weighted by Gasteiger charge is 2.17. The zero-order valence-corrected chi connectivity index (χ0v) is 13.4. The minimum absolute atomic E-state index is 0.0188. The molecule has 0 aliphatic carbocycles. The van der Waals surface area contributed by atoms with E-state index in [1.165, 1.54) is 5.56 Å². The summed E-state index contributed by atoms with van der Waals surface area (Å²) >= 11 is 0. The lowest BCUT2D eigenvalue weighted by Crippen LogP contribution is -2.01. The molecule has 3 rings (SSSR count). The van der Waals surface area contributed by atoms with Crippen molar-refractivity contribution in [3.05, 3.63) is 53.1 Å². The third-order valence-corrected chi connectivity index (χ3v) is 4.30. The van der Waals surface area contributed by atoms with Gasteiger partial charge in [-0.05, 0) is 42.7 Å². The normalized spacial score (nSPS) is 10.9. The Bertz CT molecular complexity index is 893. The number of nitrogens with one attached hydrogen (secondary N) is 1. The van der Waals surface area contributed by atoms with E-state index in [1.54, 1.807) is 7.11 Å². The molecule has 118 valence electrons. The molecule has 2 aromatic carbocycles. The minimum Gasteiger partial charge on any atom is -0.497 e. The number of rotatable bonds is 4. The maximum absolute atomic E-state index is 11.3. The van der Waals surface area contributed by atoms with Crippen molar-refractivity contribution < 1.29 is 14.6 Å². The fraction of sp³-hybridized carbons (Fsp3) is 0.211. The van der Waals surface area contributed by atoms with Gasteiger partial charge in [0.2, 0.25) is 0 Å². The average molecular weight is 309 g/mol. The molecule has 0 amide bonds. The first-order valence-electron chi connectivity index (χ1n) is 7.48. The smallest absolute Gasteiger partial charge is 0.307 e. The molecule has 2 N–H and O–H groups in total. The molecule has 0 spiro atoms. The van der Waals surface area contributed by atoms with Crippen LogP contribution >= 0.6 is 0 Å². The van der Waals surface area contributed by atoms with Crippen LogP contribution in [0.4, 0.5) is 0 Å². The van der Waals surface area contributed by atoms with Crippen LogP contribution in [0.15, 0.2) is 36.4 Å². The molecule has 1 heterocycles. The van der Waals surface area contributed by atoms with Crippen LogP contribution in [0.3, 0.4) is 0 Å². The van der Waals surface area contributed by atoms with Crippen molar-refractivity contribution >= 4 is 16.9 Å². The van der Waals surface area contributed by atoms with Gasteiger partial charge in [0.15, 0.2) is 0 Å². The summed E-state index contributed by atoms with van der Waals surface area (Å²) in [4.78, 5) is 14.8. The molecule has 0 aliphatic heterocycles. The van der Waals surface area contributed by atoms with E-state index in [0.717, 1.165) is 39.0 Å². The number of aromatic nitrogens is 1. The molecule has 0 saturated carbocycles. The average Bonchev–Trinajstić information content (AvgIpc) is 2.89. The first-order chi connectivity index (χ1) is 11.0. The summed E-state index contributed by atoms with van der Waals surface area (Å²) in [6, 6.07) is 11.7. The highest BCUT2D eigenvalue weighted by atomic mass is 16.5. The minimum atomic E-state index is -0.840. The predicted molar refractivity (Wildman–Crippen MR) is 91.1 cm³/mol. The van der Waals surface area contributed by atoms with Gasteiger partial charge in [0.1, 0.15) is 5.75 Å². The van der Waals surface area contributed by atoms with Crippen molar-refractivity contribution in [2.75, 3.05) is 7.11 Å². The monoisotopic (exact) mass is 309 g/mol. The Morgan fingerprint density at radius 2 is 2.00 bits per heavy atom. The lowest BCUT2D eigenvalue weighted by Gasteiger charge is -2.05. The molecule has 0 unspecified atom stereocenters. The molecule has 1 aromatic heterocycles. The highest BCUT2D eigenvalue weighted by molar-refractivity contribution is 5.96. The number of H-pyrrole nitrogens is 1. The highest BCUT2D eigenvalue weighted by Crippen LogP contribution is 2.34. The van der Waals surface area contributed by atoms with Crippen LogP contribution in [-0.2, 0) is 11.2 Å². The quantitative estimate of drug-likeness (QED) is 0.763. The number of hydrogen-bond donors (Lipinski definition) is 2. The molecule has 4 nitrogen and oxygen atoms in total. The maximum atomic E-state index is 11.3. The lowest BCUT2D eigenvalue weighted by atomic mass is 10.00. The van der Waals surface area contributed by atoms with Crippen molar-refractivity contribution in [1.82, 2.24) is 4.98 Å².